The predicted octanol–water partition coefficient (Wildman–Crippen LogP) is 1.63. The molecule has 4 nitrogen and oxygen atoms in total. The van der Waals surface area contributed by atoms with Crippen LogP contribution in [0.1, 0.15) is 13.8 Å². The number of hydrogen-bond acceptors (Lipinski definition) is 3. The van der Waals surface area contributed by atoms with Crippen molar-refractivity contribution in [1.29, 1.82) is 0 Å². The maximum Gasteiger partial charge on any atom is 0.239 e. The van der Waals surface area contributed by atoms with Gasteiger partial charge in [0.2, 0.25) is 5.91 Å². The normalized spacial score (nSPS) is 10.0. The number of benzene rings is 1. The molecule has 0 saturated carbocycles. The van der Waals surface area contributed by atoms with Gasteiger partial charge in [-0.05, 0) is 38.1 Å². The van der Waals surface area contributed by atoms with E-state index in [-0.39, 0.29) is 18.6 Å². The van der Waals surface area contributed by atoms with Crippen molar-refractivity contribution in [2.45, 2.75) is 20.0 Å². The fourth-order valence-corrected chi connectivity index (χ4v) is 1.19. The summed E-state index contributed by atoms with van der Waals surface area (Å²) in [6.45, 7) is 4.25. The molecule has 0 aromatic heterocycles. The molecule has 0 aliphatic carbocycles. The number of anilines is 1. The quantitative estimate of drug-likeness (QED) is 0.796. The Morgan fingerprint density at radius 3 is 2.44 bits per heavy atom. The number of likely N-dealkylation sites (N-methyl/N-ethyl adjacent to an activating group) is 1. The Hall–Kier alpha value is -1.71. The third-order valence-electron chi connectivity index (χ3n) is 1.96. The zero-order valence-corrected chi connectivity index (χ0v) is 9.91. The fraction of sp³-hybridized carbons (Fsp3) is 0.417. The van der Waals surface area contributed by atoms with Crippen molar-refractivity contribution in [3.05, 3.63) is 24.3 Å². The minimum Gasteiger partial charge on any atom is -0.491 e. The average molecular weight is 222 g/mol. The Morgan fingerprint density at radius 2 is 1.94 bits per heavy atom. The van der Waals surface area contributed by atoms with Crippen LogP contribution < -0.4 is 15.4 Å². The molecule has 4 heteroatoms. The van der Waals surface area contributed by atoms with Crippen LogP contribution in [0, 0.1) is 0 Å². The molecule has 1 rings (SSSR count). The van der Waals surface area contributed by atoms with Gasteiger partial charge in [0, 0.05) is 12.7 Å². The van der Waals surface area contributed by atoms with E-state index in [1.165, 1.54) is 0 Å². The predicted molar refractivity (Wildman–Crippen MR) is 64.8 cm³/mol. The van der Waals surface area contributed by atoms with Crippen LogP contribution in [0.2, 0.25) is 0 Å². The van der Waals surface area contributed by atoms with Gasteiger partial charge in [0.25, 0.3) is 0 Å². The van der Waals surface area contributed by atoms with Gasteiger partial charge < -0.3 is 15.4 Å². The Morgan fingerprint density at radius 1 is 1.31 bits per heavy atom. The highest BCUT2D eigenvalue weighted by Crippen LogP contribution is 2.16. The van der Waals surface area contributed by atoms with E-state index >= 15 is 0 Å². The van der Waals surface area contributed by atoms with Crippen molar-refractivity contribution >= 4 is 11.6 Å². The van der Waals surface area contributed by atoms with Crippen LogP contribution in [0.25, 0.3) is 0 Å². The first-order chi connectivity index (χ1) is 7.61. The van der Waals surface area contributed by atoms with Crippen LogP contribution in [-0.2, 0) is 4.79 Å². The zero-order chi connectivity index (χ0) is 12.0. The summed E-state index contributed by atoms with van der Waals surface area (Å²) in [5.74, 6) is 0.794. The summed E-state index contributed by atoms with van der Waals surface area (Å²) < 4.78 is 5.51. The lowest BCUT2D eigenvalue weighted by Gasteiger charge is -2.10. The average Bonchev–Trinajstić information content (AvgIpc) is 2.27. The monoisotopic (exact) mass is 222 g/mol. The molecule has 0 radical (unpaired) electrons. The molecular formula is C12H18N2O2. The Bertz CT molecular complexity index is 333. The van der Waals surface area contributed by atoms with Gasteiger partial charge in [0.1, 0.15) is 5.75 Å². The first-order valence-electron chi connectivity index (χ1n) is 5.33. The number of carbonyl (C=O) groups is 1. The first-order valence-corrected chi connectivity index (χ1v) is 5.33. The second-order valence-electron chi connectivity index (χ2n) is 3.72. The SMILES string of the molecule is CNC(=O)CNc1ccc(OC(C)C)cc1. The number of amides is 1. The molecule has 0 heterocycles. The molecule has 0 spiro atoms. The lowest BCUT2D eigenvalue weighted by atomic mass is 10.3. The minimum absolute atomic E-state index is 0.0393. The second kappa shape index (κ2) is 6.00. The van der Waals surface area contributed by atoms with Crippen molar-refractivity contribution < 1.29 is 9.53 Å². The van der Waals surface area contributed by atoms with Gasteiger partial charge in [0.15, 0.2) is 0 Å². The van der Waals surface area contributed by atoms with E-state index in [4.69, 9.17) is 4.74 Å². The van der Waals surface area contributed by atoms with Crippen molar-refractivity contribution in [2.24, 2.45) is 0 Å². The number of hydrogen-bond donors (Lipinski definition) is 2. The van der Waals surface area contributed by atoms with Crippen LogP contribution in [0.3, 0.4) is 0 Å². The molecule has 0 bridgehead atoms. The molecule has 0 aliphatic heterocycles. The van der Waals surface area contributed by atoms with E-state index in [2.05, 4.69) is 10.6 Å². The van der Waals surface area contributed by atoms with Crippen LogP contribution >= 0.6 is 0 Å². The molecule has 88 valence electrons. The van der Waals surface area contributed by atoms with Crippen LogP contribution in [-0.4, -0.2) is 25.6 Å². The molecular weight excluding hydrogens is 204 g/mol. The minimum atomic E-state index is -0.0393. The van der Waals surface area contributed by atoms with E-state index in [9.17, 15) is 4.79 Å². The molecule has 1 amide bonds. The molecule has 1 aromatic carbocycles. The van der Waals surface area contributed by atoms with Crippen molar-refractivity contribution in [1.82, 2.24) is 5.32 Å². The van der Waals surface area contributed by atoms with E-state index in [1.807, 2.05) is 38.1 Å². The summed E-state index contributed by atoms with van der Waals surface area (Å²) in [5.41, 5.74) is 0.903. The molecule has 16 heavy (non-hydrogen) atoms. The van der Waals surface area contributed by atoms with Gasteiger partial charge in [0.05, 0.1) is 12.6 Å². The third-order valence-corrected chi connectivity index (χ3v) is 1.96. The highest BCUT2D eigenvalue weighted by molar-refractivity contribution is 5.80. The number of rotatable bonds is 5. The number of nitrogens with one attached hydrogen (secondary N) is 2. The molecule has 0 saturated heterocycles. The topological polar surface area (TPSA) is 50.4 Å². The van der Waals surface area contributed by atoms with Crippen LogP contribution in [0.15, 0.2) is 24.3 Å². The Kier molecular flexibility index (Phi) is 4.64. The fourth-order valence-electron chi connectivity index (χ4n) is 1.19. The second-order valence-corrected chi connectivity index (χ2v) is 3.72. The van der Waals surface area contributed by atoms with Crippen molar-refractivity contribution in [3.8, 4) is 5.75 Å². The highest BCUT2D eigenvalue weighted by atomic mass is 16.5. The first kappa shape index (κ1) is 12.4. The molecule has 0 aliphatic rings. The summed E-state index contributed by atoms with van der Waals surface area (Å²) in [6.07, 6.45) is 0.171. The van der Waals surface area contributed by atoms with E-state index < -0.39 is 0 Å². The smallest absolute Gasteiger partial charge is 0.239 e. The highest BCUT2D eigenvalue weighted by Gasteiger charge is 1.99. The van der Waals surface area contributed by atoms with Crippen LogP contribution in [0.4, 0.5) is 5.69 Å². The molecule has 2 N–H and O–H groups in total. The summed E-state index contributed by atoms with van der Waals surface area (Å²) >= 11 is 0. The van der Waals surface area contributed by atoms with Gasteiger partial charge in [-0.25, -0.2) is 0 Å². The molecule has 1 aromatic rings. The lowest BCUT2D eigenvalue weighted by Crippen LogP contribution is -2.26. The Labute approximate surface area is 96.0 Å². The number of carbonyl (C=O) groups excluding carboxylic acids is 1. The van der Waals surface area contributed by atoms with Gasteiger partial charge in [-0.1, -0.05) is 0 Å². The standard InChI is InChI=1S/C12H18N2O2/c1-9(2)16-11-6-4-10(5-7-11)14-8-12(15)13-3/h4-7,9,14H,8H2,1-3H3,(H,13,15). The molecule has 0 unspecified atom stereocenters. The summed E-state index contributed by atoms with van der Waals surface area (Å²) in [4.78, 5) is 11.0. The largest absolute Gasteiger partial charge is 0.491 e. The van der Waals surface area contributed by atoms with Gasteiger partial charge in [-0.2, -0.15) is 0 Å². The van der Waals surface area contributed by atoms with E-state index in [0.29, 0.717) is 0 Å². The molecule has 0 atom stereocenters. The van der Waals surface area contributed by atoms with Gasteiger partial charge in [-0.3, -0.25) is 4.79 Å². The lowest BCUT2D eigenvalue weighted by molar-refractivity contribution is -0.118. The summed E-state index contributed by atoms with van der Waals surface area (Å²) in [5, 5.41) is 5.55. The molecule has 0 fully saturated rings. The number of ether oxygens (including phenoxy) is 1. The van der Waals surface area contributed by atoms with E-state index in [1.54, 1.807) is 7.05 Å². The van der Waals surface area contributed by atoms with Gasteiger partial charge >= 0.3 is 0 Å². The maximum atomic E-state index is 11.0. The summed E-state index contributed by atoms with van der Waals surface area (Å²) in [7, 11) is 1.61. The summed E-state index contributed by atoms with van der Waals surface area (Å²) in [6, 6.07) is 7.54. The van der Waals surface area contributed by atoms with Crippen molar-refractivity contribution in [3.63, 3.8) is 0 Å². The third kappa shape index (κ3) is 4.21. The van der Waals surface area contributed by atoms with Gasteiger partial charge in [-0.15, -0.1) is 0 Å². The van der Waals surface area contributed by atoms with E-state index in [0.717, 1.165) is 11.4 Å². The Balaban J connectivity index is 2.48. The maximum absolute atomic E-state index is 11.0. The van der Waals surface area contributed by atoms with Crippen molar-refractivity contribution in [2.75, 3.05) is 18.9 Å². The van der Waals surface area contributed by atoms with Crippen LogP contribution in [0.5, 0.6) is 5.75 Å². The zero-order valence-electron chi connectivity index (χ0n) is 9.91.